The third-order valence-electron chi connectivity index (χ3n) is 5.72. The Kier molecular flexibility index (Phi) is 6.65. The number of hydrogen-bond acceptors (Lipinski definition) is 5. The molecule has 1 heterocycles. The largest absolute Gasteiger partial charge is 0.598 e. The molecule has 0 bridgehead atoms. The number of hydrogen-bond donors (Lipinski definition) is 1. The highest BCUT2D eigenvalue weighted by molar-refractivity contribution is 7.90. The molecule has 0 spiro atoms. The van der Waals surface area contributed by atoms with Gasteiger partial charge >= 0.3 is 0 Å². The molecule has 2 fully saturated rings. The molecule has 5 nitrogen and oxygen atoms in total. The zero-order valence-corrected chi connectivity index (χ0v) is 18.4. The highest BCUT2D eigenvalue weighted by atomic mass is 35.5. The lowest BCUT2D eigenvalue weighted by Gasteiger charge is -2.43. The normalized spacial score (nSPS) is 22.9. The van der Waals surface area contributed by atoms with Crippen molar-refractivity contribution < 1.29 is 14.0 Å². The van der Waals surface area contributed by atoms with Gasteiger partial charge < -0.3 is 14.0 Å². The van der Waals surface area contributed by atoms with Crippen LogP contribution in [0.2, 0.25) is 5.02 Å². The highest BCUT2D eigenvalue weighted by Gasteiger charge is 2.49. The maximum absolute atomic E-state index is 12.8. The van der Waals surface area contributed by atoms with Crippen LogP contribution in [0.15, 0.2) is 24.3 Å². The predicted molar refractivity (Wildman–Crippen MR) is 111 cm³/mol. The van der Waals surface area contributed by atoms with Crippen LogP contribution < -0.4 is 4.72 Å². The first-order valence-electron chi connectivity index (χ1n) is 9.84. The fourth-order valence-corrected chi connectivity index (χ4v) is 4.97. The third kappa shape index (κ3) is 4.51. The Morgan fingerprint density at radius 2 is 2.00 bits per heavy atom. The first kappa shape index (κ1) is 21.9. The Hall–Kier alpha value is -0.810. The molecule has 0 radical (unpaired) electrons. The molecule has 1 saturated heterocycles. The van der Waals surface area contributed by atoms with E-state index >= 15 is 0 Å². The van der Waals surface area contributed by atoms with E-state index in [1.54, 1.807) is 0 Å². The van der Waals surface area contributed by atoms with Crippen LogP contribution in [0.4, 0.5) is 0 Å². The van der Waals surface area contributed by atoms with Crippen molar-refractivity contribution in [3.05, 3.63) is 34.9 Å². The molecule has 1 aromatic rings. The maximum Gasteiger partial charge on any atom is 0.195 e. The Balaban J connectivity index is 1.81. The minimum Gasteiger partial charge on any atom is -0.598 e. The summed E-state index contributed by atoms with van der Waals surface area (Å²) in [6, 6.07) is 9.86. The summed E-state index contributed by atoms with van der Waals surface area (Å²) >= 11 is 4.94. The van der Waals surface area contributed by atoms with Crippen molar-refractivity contribution in [3.8, 4) is 6.07 Å². The Labute approximate surface area is 176 Å². The number of benzene rings is 1. The summed E-state index contributed by atoms with van der Waals surface area (Å²) in [6.45, 7) is 6.83. The molecular weight excluding hydrogens is 396 g/mol. The fraction of sp³-hybridized carbons (Fsp3) is 0.667. The van der Waals surface area contributed by atoms with Gasteiger partial charge in [0.15, 0.2) is 5.79 Å². The van der Waals surface area contributed by atoms with Gasteiger partial charge in [-0.1, -0.05) is 30.2 Å². The molecule has 0 aromatic heterocycles. The molecule has 1 saturated carbocycles. The van der Waals surface area contributed by atoms with Crippen molar-refractivity contribution in [3.63, 3.8) is 0 Å². The molecule has 1 aliphatic carbocycles. The lowest BCUT2D eigenvalue weighted by atomic mass is 9.64. The van der Waals surface area contributed by atoms with Crippen LogP contribution in [0.1, 0.15) is 58.4 Å². The van der Waals surface area contributed by atoms with Gasteiger partial charge in [-0.3, -0.25) is 0 Å². The van der Waals surface area contributed by atoms with Crippen molar-refractivity contribution in [1.29, 1.82) is 5.26 Å². The first-order valence-corrected chi connectivity index (χ1v) is 11.4. The van der Waals surface area contributed by atoms with Gasteiger partial charge in [-0.25, -0.2) is 0 Å². The smallest absolute Gasteiger partial charge is 0.195 e. The van der Waals surface area contributed by atoms with Crippen molar-refractivity contribution in [2.24, 2.45) is 5.41 Å². The average molecular weight is 425 g/mol. The van der Waals surface area contributed by atoms with Gasteiger partial charge in [0, 0.05) is 28.4 Å². The summed E-state index contributed by atoms with van der Waals surface area (Å²) < 4.78 is 27.7. The van der Waals surface area contributed by atoms with E-state index < -0.39 is 27.3 Å². The van der Waals surface area contributed by atoms with E-state index in [2.05, 4.69) is 10.8 Å². The Bertz CT molecular complexity index is 721. The lowest BCUT2D eigenvalue weighted by molar-refractivity contribution is -0.173. The van der Waals surface area contributed by atoms with Gasteiger partial charge in [0.2, 0.25) is 0 Å². The van der Waals surface area contributed by atoms with Crippen molar-refractivity contribution in [1.82, 2.24) is 4.72 Å². The molecule has 1 aliphatic heterocycles. The van der Waals surface area contributed by atoms with E-state index in [1.165, 1.54) is 0 Å². The van der Waals surface area contributed by atoms with Gasteiger partial charge in [-0.2, -0.15) is 5.26 Å². The second-order valence-electron chi connectivity index (χ2n) is 8.67. The molecule has 1 N–H and O–H groups in total. The maximum atomic E-state index is 12.8. The van der Waals surface area contributed by atoms with Crippen molar-refractivity contribution in [2.45, 2.75) is 69.5 Å². The van der Waals surface area contributed by atoms with Crippen LogP contribution in [0.25, 0.3) is 0 Å². The number of nitriles is 1. The van der Waals surface area contributed by atoms with Gasteiger partial charge in [-0.05, 0) is 52.2 Å². The highest BCUT2D eigenvalue weighted by Crippen LogP contribution is 2.47. The second-order valence-corrected chi connectivity index (χ2v) is 11.1. The van der Waals surface area contributed by atoms with Gasteiger partial charge in [0.1, 0.15) is 4.75 Å². The molecule has 2 atom stereocenters. The molecule has 3 rings (SSSR count). The number of nitrogens with zero attached hydrogens (tertiary/aromatic N) is 1. The molecule has 1 aromatic carbocycles. The summed E-state index contributed by atoms with van der Waals surface area (Å²) in [4.78, 5) is 0. The summed E-state index contributed by atoms with van der Waals surface area (Å²) in [5.74, 6) is -0.867. The molecule has 2 unspecified atom stereocenters. The third-order valence-corrected chi connectivity index (χ3v) is 7.57. The Morgan fingerprint density at radius 1 is 1.32 bits per heavy atom. The van der Waals surface area contributed by atoms with E-state index in [4.69, 9.17) is 21.1 Å². The Morgan fingerprint density at radius 3 is 2.50 bits per heavy atom. The van der Waals surface area contributed by atoms with Gasteiger partial charge in [0.25, 0.3) is 0 Å². The lowest BCUT2D eigenvalue weighted by Crippen LogP contribution is -2.54. The number of rotatable bonds is 7. The van der Waals surface area contributed by atoms with E-state index in [0.29, 0.717) is 31.1 Å². The zero-order valence-electron chi connectivity index (χ0n) is 16.8. The van der Waals surface area contributed by atoms with E-state index in [9.17, 15) is 9.81 Å². The minimum atomic E-state index is -1.25. The van der Waals surface area contributed by atoms with Crippen LogP contribution in [0, 0.1) is 16.7 Å². The zero-order chi connectivity index (χ0) is 20.4. The molecule has 154 valence electrons. The van der Waals surface area contributed by atoms with Crippen LogP contribution in [-0.4, -0.2) is 28.6 Å². The number of halogens is 1. The van der Waals surface area contributed by atoms with Crippen molar-refractivity contribution in [2.75, 3.05) is 13.2 Å². The van der Waals surface area contributed by atoms with Gasteiger partial charge in [0.05, 0.1) is 30.7 Å². The van der Waals surface area contributed by atoms with E-state index in [0.717, 1.165) is 24.8 Å². The van der Waals surface area contributed by atoms with E-state index in [-0.39, 0.29) is 6.04 Å². The monoisotopic (exact) mass is 424 g/mol. The van der Waals surface area contributed by atoms with Crippen molar-refractivity contribution >= 4 is 23.0 Å². The van der Waals surface area contributed by atoms with Gasteiger partial charge in [-0.15, -0.1) is 4.72 Å². The minimum absolute atomic E-state index is 0.185. The average Bonchev–Trinajstić information content (AvgIpc) is 3.08. The standard InChI is InChI=1S/C21H29ClN2O3S/c1-19(2,3)28(25)24-18(20(15-23)9-5-10-20)8-11-21(26-12-13-27-21)16-6-4-7-17(22)14-16/h4,6-7,14,18,24H,5,8-13H2,1-3H3. The molecule has 7 heteroatoms. The van der Waals surface area contributed by atoms with Crippen LogP contribution in [0.5, 0.6) is 0 Å². The molecule has 2 aliphatic rings. The quantitative estimate of drug-likeness (QED) is 0.655. The molecule has 0 amide bonds. The summed E-state index contributed by atoms with van der Waals surface area (Å²) in [5, 5.41) is 10.5. The topological polar surface area (TPSA) is 77.3 Å². The number of nitrogens with one attached hydrogen (secondary N) is 1. The van der Waals surface area contributed by atoms with Crippen LogP contribution in [0.3, 0.4) is 0 Å². The SMILES string of the molecule is CC(C)(C)[S+]([O-])NC(CCC1(c2cccc(Cl)c2)OCCO1)C1(C#N)CCC1. The van der Waals surface area contributed by atoms with Crippen LogP contribution >= 0.6 is 11.6 Å². The first-order chi connectivity index (χ1) is 13.2. The van der Waals surface area contributed by atoms with Crippen LogP contribution in [-0.2, 0) is 26.6 Å². The number of ether oxygens (including phenoxy) is 2. The molecular formula is C21H29ClN2O3S. The predicted octanol–water partition coefficient (Wildman–Crippen LogP) is 4.43. The molecule has 28 heavy (non-hydrogen) atoms. The van der Waals surface area contributed by atoms with E-state index in [1.807, 2.05) is 45.0 Å². The summed E-state index contributed by atoms with van der Waals surface area (Å²) in [6.07, 6.45) is 3.88. The second kappa shape index (κ2) is 8.51. The summed E-state index contributed by atoms with van der Waals surface area (Å²) in [5.41, 5.74) is 0.405. The fourth-order valence-electron chi connectivity index (χ4n) is 3.82. The summed E-state index contributed by atoms with van der Waals surface area (Å²) in [7, 11) is 0.